The van der Waals surface area contributed by atoms with Crippen molar-refractivity contribution in [3.8, 4) is 18.2 Å². The summed E-state index contributed by atoms with van der Waals surface area (Å²) in [5.41, 5.74) is -0.564. The Hall–Kier alpha value is -3.21. The van der Waals surface area contributed by atoms with Crippen LogP contribution in [0, 0.1) is 12.5 Å². The number of rotatable bonds is 8. The lowest BCUT2D eigenvalue weighted by Crippen LogP contribution is -2.51. The van der Waals surface area contributed by atoms with Gasteiger partial charge in [-0.25, -0.2) is 4.79 Å². The highest BCUT2D eigenvalue weighted by Gasteiger charge is 2.35. The second kappa shape index (κ2) is 11.3. The van der Waals surface area contributed by atoms with E-state index in [1.165, 1.54) is 19.1 Å². The zero-order valence-corrected chi connectivity index (χ0v) is 19.1. The van der Waals surface area contributed by atoms with E-state index in [1.807, 2.05) is 13.8 Å². The number of aromatic hydroxyl groups is 1. The summed E-state index contributed by atoms with van der Waals surface area (Å²) in [5, 5.41) is 15.6. The van der Waals surface area contributed by atoms with Crippen molar-refractivity contribution in [2.45, 2.75) is 78.1 Å². The van der Waals surface area contributed by atoms with Gasteiger partial charge < -0.3 is 20.5 Å². The molecule has 0 bridgehead atoms. The maximum atomic E-state index is 13.1. The normalized spacial score (nSPS) is 13.8. The largest absolute Gasteiger partial charge is 0.508 e. The van der Waals surface area contributed by atoms with Crippen LogP contribution in [0.15, 0.2) is 24.3 Å². The van der Waals surface area contributed by atoms with Crippen molar-refractivity contribution in [1.82, 2.24) is 15.5 Å². The van der Waals surface area contributed by atoms with Crippen LogP contribution in [0.25, 0.3) is 0 Å². The van der Waals surface area contributed by atoms with Crippen LogP contribution in [-0.2, 0) is 14.3 Å². The van der Waals surface area contributed by atoms with Gasteiger partial charge in [-0.05, 0) is 47.1 Å². The average Bonchev–Trinajstić information content (AvgIpc) is 2.64. The minimum absolute atomic E-state index is 0.155. The van der Waals surface area contributed by atoms with Crippen molar-refractivity contribution >= 4 is 17.9 Å². The number of nitrogens with one attached hydrogen (secondary N) is 2. The molecule has 1 aromatic rings. The number of ether oxygens (including phenoxy) is 1. The van der Waals surface area contributed by atoms with Gasteiger partial charge in [0.15, 0.2) is 6.04 Å². The van der Waals surface area contributed by atoms with Crippen molar-refractivity contribution in [3.05, 3.63) is 29.8 Å². The van der Waals surface area contributed by atoms with Gasteiger partial charge in [0.05, 0.1) is 0 Å². The molecular formula is C23H33N3O5. The van der Waals surface area contributed by atoms with Crippen LogP contribution in [0.1, 0.15) is 66.0 Å². The first-order chi connectivity index (χ1) is 14.4. The third-order valence-electron chi connectivity index (χ3n) is 4.33. The molecule has 3 atom stereocenters. The Kier molecular flexibility index (Phi) is 9.38. The second-order valence-corrected chi connectivity index (χ2v) is 8.36. The van der Waals surface area contributed by atoms with Crippen LogP contribution in [0.3, 0.4) is 0 Å². The number of hydrogen-bond acceptors (Lipinski definition) is 5. The van der Waals surface area contributed by atoms with Crippen LogP contribution in [0.5, 0.6) is 5.75 Å². The number of phenolic OH excluding ortho intramolecular Hbond substituents is 1. The number of terminal acetylenes is 1. The highest BCUT2D eigenvalue weighted by molar-refractivity contribution is 5.93. The lowest BCUT2D eigenvalue weighted by Gasteiger charge is -2.30. The minimum Gasteiger partial charge on any atom is -0.508 e. The van der Waals surface area contributed by atoms with Crippen molar-refractivity contribution in [2.24, 2.45) is 0 Å². The molecule has 8 nitrogen and oxygen atoms in total. The number of benzene rings is 1. The summed E-state index contributed by atoms with van der Waals surface area (Å²) >= 11 is 0. The molecule has 0 spiro atoms. The highest BCUT2D eigenvalue weighted by atomic mass is 16.6. The summed E-state index contributed by atoms with van der Waals surface area (Å²) in [6.45, 7) is 10.4. The summed E-state index contributed by atoms with van der Waals surface area (Å²) < 4.78 is 5.17. The van der Waals surface area contributed by atoms with E-state index in [1.54, 1.807) is 32.9 Å². The molecule has 0 saturated carbocycles. The molecule has 1 aromatic carbocycles. The summed E-state index contributed by atoms with van der Waals surface area (Å²) in [6, 6.07) is 5.90. The van der Waals surface area contributed by atoms with Gasteiger partial charge in [-0.3, -0.25) is 14.5 Å². The monoisotopic (exact) mass is 431 g/mol. The minimum atomic E-state index is -1.28. The molecular weight excluding hydrogens is 398 g/mol. The smallest absolute Gasteiger partial charge is 0.408 e. The molecule has 3 amide bonds. The molecule has 0 aliphatic carbocycles. The van der Waals surface area contributed by atoms with Crippen molar-refractivity contribution < 1.29 is 24.2 Å². The quantitative estimate of drug-likeness (QED) is 0.433. The summed E-state index contributed by atoms with van der Waals surface area (Å²) in [4.78, 5) is 39.1. The van der Waals surface area contributed by atoms with Crippen molar-refractivity contribution in [2.75, 3.05) is 0 Å². The van der Waals surface area contributed by atoms with Gasteiger partial charge in [0.25, 0.3) is 5.91 Å². The van der Waals surface area contributed by atoms with Crippen LogP contribution >= 0.6 is 0 Å². The Bertz CT molecular complexity index is 825. The van der Waals surface area contributed by atoms with Crippen LogP contribution in [-0.4, -0.2) is 45.6 Å². The molecule has 3 unspecified atom stereocenters. The molecule has 0 radical (unpaired) electrons. The van der Waals surface area contributed by atoms with Crippen molar-refractivity contribution in [3.63, 3.8) is 0 Å². The van der Waals surface area contributed by atoms with E-state index in [2.05, 4.69) is 16.7 Å². The fourth-order valence-electron chi connectivity index (χ4n) is 2.96. The van der Waals surface area contributed by atoms with Gasteiger partial charge in [0, 0.05) is 17.6 Å². The van der Waals surface area contributed by atoms with Crippen molar-refractivity contribution in [1.29, 1.82) is 0 Å². The van der Waals surface area contributed by atoms with Crippen LogP contribution in [0.4, 0.5) is 4.79 Å². The number of para-hydroxylation sites is 1. The molecule has 31 heavy (non-hydrogen) atoms. The Morgan fingerprint density at radius 2 is 1.81 bits per heavy atom. The van der Waals surface area contributed by atoms with E-state index in [0.717, 1.165) is 17.7 Å². The van der Waals surface area contributed by atoms with E-state index >= 15 is 0 Å². The fraction of sp³-hybridized carbons (Fsp3) is 0.522. The zero-order valence-electron chi connectivity index (χ0n) is 19.1. The second-order valence-electron chi connectivity index (χ2n) is 8.36. The van der Waals surface area contributed by atoms with E-state index in [9.17, 15) is 19.5 Å². The van der Waals surface area contributed by atoms with Crippen LogP contribution in [0.2, 0.25) is 0 Å². The number of amides is 3. The third-order valence-corrected chi connectivity index (χ3v) is 4.33. The first kappa shape index (κ1) is 25.8. The molecule has 8 heteroatoms. The Morgan fingerprint density at radius 3 is 2.32 bits per heavy atom. The first-order valence-electron chi connectivity index (χ1n) is 10.3. The van der Waals surface area contributed by atoms with Gasteiger partial charge >= 0.3 is 6.09 Å². The van der Waals surface area contributed by atoms with Crippen LogP contribution < -0.4 is 10.6 Å². The molecule has 0 fully saturated rings. The lowest BCUT2D eigenvalue weighted by atomic mass is 10.0. The zero-order chi connectivity index (χ0) is 23.8. The maximum absolute atomic E-state index is 13.1. The molecule has 0 heterocycles. The Morgan fingerprint density at radius 1 is 1.19 bits per heavy atom. The SMILES string of the molecule is C#CN(C(=O)C(C)NC(=O)OC(C)(C)C)C(C(=O)NC(C)CCC)c1ccccc1O. The molecule has 0 aliphatic heterocycles. The fourth-order valence-corrected chi connectivity index (χ4v) is 2.96. The van der Waals surface area contributed by atoms with E-state index in [0.29, 0.717) is 0 Å². The maximum Gasteiger partial charge on any atom is 0.408 e. The summed E-state index contributed by atoms with van der Waals surface area (Å²) in [7, 11) is 0. The van der Waals surface area contributed by atoms with E-state index < -0.39 is 35.6 Å². The third kappa shape index (κ3) is 7.85. The summed E-state index contributed by atoms with van der Waals surface area (Å²) in [6.07, 6.45) is 6.42. The number of phenols is 1. The number of carbonyl (C=O) groups is 3. The molecule has 0 aliphatic rings. The predicted molar refractivity (Wildman–Crippen MR) is 118 cm³/mol. The lowest BCUT2D eigenvalue weighted by molar-refractivity contribution is -0.138. The van der Waals surface area contributed by atoms with E-state index in [-0.39, 0.29) is 17.4 Å². The first-order valence-corrected chi connectivity index (χ1v) is 10.3. The molecule has 3 N–H and O–H groups in total. The Labute approximate surface area is 184 Å². The molecule has 1 rings (SSSR count). The Balaban J connectivity index is 3.20. The molecule has 170 valence electrons. The van der Waals surface area contributed by atoms with Gasteiger partial charge in [-0.15, -0.1) is 0 Å². The number of nitrogens with zero attached hydrogens (tertiary/aromatic N) is 1. The molecule has 0 aromatic heterocycles. The topological polar surface area (TPSA) is 108 Å². The predicted octanol–water partition coefficient (Wildman–Crippen LogP) is 3.07. The number of carbonyl (C=O) groups excluding carboxylic acids is 3. The standard InChI is InChI=1S/C23H33N3O5/c1-8-12-15(3)24-20(28)19(17-13-10-11-14-18(17)27)26(9-2)21(29)16(4)25-22(30)31-23(5,6)7/h2,10-11,13-16,19,27H,8,12H2,1,3-7H3,(H,24,28)(H,25,30). The van der Waals surface area contributed by atoms with Gasteiger partial charge in [-0.1, -0.05) is 38.0 Å². The summed E-state index contributed by atoms with van der Waals surface area (Å²) in [5.74, 6) is -1.40. The average molecular weight is 432 g/mol. The van der Waals surface area contributed by atoms with Gasteiger partial charge in [-0.2, -0.15) is 0 Å². The number of hydrogen-bond donors (Lipinski definition) is 3. The van der Waals surface area contributed by atoms with Gasteiger partial charge in [0.1, 0.15) is 17.4 Å². The highest BCUT2D eigenvalue weighted by Crippen LogP contribution is 2.29. The van der Waals surface area contributed by atoms with Gasteiger partial charge in [0.2, 0.25) is 5.91 Å². The number of alkyl carbamates (subject to hydrolysis) is 1. The van der Waals surface area contributed by atoms with E-state index in [4.69, 9.17) is 11.2 Å². The molecule has 0 saturated heterocycles.